The van der Waals surface area contributed by atoms with E-state index in [1.165, 1.54) is 12.0 Å². The second-order valence-corrected chi connectivity index (χ2v) is 12.8. The Bertz CT molecular complexity index is 1060. The second-order valence-electron chi connectivity index (χ2n) is 12.8. The van der Waals surface area contributed by atoms with Gasteiger partial charge >= 0.3 is 0 Å². The van der Waals surface area contributed by atoms with Crippen molar-refractivity contribution < 1.29 is 19.4 Å². The number of hydrogen-bond donors (Lipinski definition) is 1. The number of fused-ring (bicyclic) bond motifs is 6. The molecule has 5 aliphatic carbocycles. The van der Waals surface area contributed by atoms with Crippen LogP contribution >= 0.6 is 0 Å². The highest BCUT2D eigenvalue weighted by molar-refractivity contribution is 6.31. The van der Waals surface area contributed by atoms with Crippen LogP contribution in [0.4, 0.5) is 0 Å². The van der Waals surface area contributed by atoms with Gasteiger partial charge in [-0.2, -0.15) is 0 Å². The topological polar surface area (TPSA) is 63.6 Å². The minimum absolute atomic E-state index is 0.00273. The van der Waals surface area contributed by atoms with Gasteiger partial charge in [-0.25, -0.2) is 0 Å². The predicted octanol–water partition coefficient (Wildman–Crippen LogP) is 5.92. The fourth-order valence-electron chi connectivity index (χ4n) is 8.90. The maximum Gasteiger partial charge on any atom is 0.203 e. The first-order chi connectivity index (χ1) is 16.0. The first kappa shape index (κ1) is 22.7. The molecule has 0 aromatic heterocycles. The molecule has 5 aliphatic rings. The van der Waals surface area contributed by atoms with Crippen molar-refractivity contribution in [2.75, 3.05) is 0 Å². The summed E-state index contributed by atoms with van der Waals surface area (Å²) in [6, 6.07) is 7.15. The van der Waals surface area contributed by atoms with Gasteiger partial charge in [0.2, 0.25) is 11.6 Å². The summed E-state index contributed by atoms with van der Waals surface area (Å²) < 4.78 is 6.63. The fraction of sp³-hybridized carbons (Fsp3) is 0.667. The molecule has 0 amide bonds. The zero-order valence-corrected chi connectivity index (χ0v) is 21.0. The highest BCUT2D eigenvalue weighted by Crippen LogP contribution is 2.66. The Kier molecular flexibility index (Phi) is 4.76. The molecule has 182 valence electrons. The summed E-state index contributed by atoms with van der Waals surface area (Å²) in [6.45, 7) is 8.47. The summed E-state index contributed by atoms with van der Waals surface area (Å²) in [6.07, 6.45) is 10.5. The molecule has 0 spiro atoms. The third kappa shape index (κ3) is 2.91. The van der Waals surface area contributed by atoms with E-state index in [0.717, 1.165) is 44.9 Å². The van der Waals surface area contributed by atoms with Gasteiger partial charge in [0.05, 0.1) is 11.7 Å². The molecule has 3 fully saturated rings. The van der Waals surface area contributed by atoms with Gasteiger partial charge in [-0.05, 0) is 93.8 Å². The summed E-state index contributed by atoms with van der Waals surface area (Å²) >= 11 is 0. The number of ether oxygens (including phenoxy) is 1. The predicted molar refractivity (Wildman–Crippen MR) is 131 cm³/mol. The van der Waals surface area contributed by atoms with Crippen LogP contribution in [-0.4, -0.2) is 34.0 Å². The molecule has 1 aromatic rings. The van der Waals surface area contributed by atoms with Gasteiger partial charge in [-0.15, -0.1) is 0 Å². The standard InChI is InChI=1S/C30H38O4/c1-27(33)15-16-28(2)18(17-27)9-10-21-22-11-12-24(29(22,3)14-13-23(21)28)34-30(4)25(31)19-7-5-6-8-20(19)26(30)32/h5-8,17,21-24,33H,9-16H2,1-4H3. The average molecular weight is 463 g/mol. The number of Topliss-reactive ketones (excluding diaryl/α,β-unsaturated/α-hetero) is 2. The monoisotopic (exact) mass is 462 g/mol. The van der Waals surface area contributed by atoms with Crippen molar-refractivity contribution in [3.63, 3.8) is 0 Å². The first-order valence-corrected chi connectivity index (χ1v) is 13.3. The van der Waals surface area contributed by atoms with Crippen LogP contribution in [0, 0.1) is 28.6 Å². The highest BCUT2D eigenvalue weighted by Gasteiger charge is 2.62. The van der Waals surface area contributed by atoms with E-state index in [4.69, 9.17) is 4.74 Å². The quantitative estimate of drug-likeness (QED) is 0.437. The lowest BCUT2D eigenvalue weighted by Crippen LogP contribution is -2.54. The Morgan fingerprint density at radius 3 is 2.21 bits per heavy atom. The largest absolute Gasteiger partial charge is 0.386 e. The van der Waals surface area contributed by atoms with Gasteiger partial charge in [-0.1, -0.05) is 49.8 Å². The Balaban J connectivity index is 1.26. The smallest absolute Gasteiger partial charge is 0.203 e. The van der Waals surface area contributed by atoms with Crippen LogP contribution in [0.3, 0.4) is 0 Å². The van der Waals surface area contributed by atoms with Crippen molar-refractivity contribution in [3.05, 3.63) is 47.0 Å². The van der Waals surface area contributed by atoms with Crippen molar-refractivity contribution in [1.82, 2.24) is 0 Å². The molecule has 4 nitrogen and oxygen atoms in total. The molecule has 4 heteroatoms. The number of hydrogen-bond acceptors (Lipinski definition) is 4. The van der Waals surface area contributed by atoms with Gasteiger partial charge in [0.1, 0.15) is 0 Å². The Morgan fingerprint density at radius 1 is 0.853 bits per heavy atom. The molecule has 0 radical (unpaired) electrons. The minimum Gasteiger partial charge on any atom is -0.386 e. The first-order valence-electron chi connectivity index (χ1n) is 13.3. The van der Waals surface area contributed by atoms with Gasteiger partial charge in [0.25, 0.3) is 0 Å². The van der Waals surface area contributed by atoms with E-state index in [9.17, 15) is 14.7 Å². The molecule has 0 heterocycles. The van der Waals surface area contributed by atoms with E-state index < -0.39 is 11.2 Å². The van der Waals surface area contributed by atoms with Crippen LogP contribution in [0.15, 0.2) is 35.9 Å². The summed E-state index contributed by atoms with van der Waals surface area (Å²) in [5.41, 5.74) is 0.620. The zero-order valence-electron chi connectivity index (χ0n) is 21.0. The van der Waals surface area contributed by atoms with Gasteiger partial charge in [0.15, 0.2) is 5.60 Å². The second kappa shape index (κ2) is 7.13. The summed E-state index contributed by atoms with van der Waals surface area (Å²) in [5.74, 6) is 1.51. The van der Waals surface area contributed by atoms with E-state index in [2.05, 4.69) is 19.9 Å². The van der Waals surface area contributed by atoms with E-state index >= 15 is 0 Å². The normalized spacial score (nSPS) is 44.7. The number of allylic oxidation sites excluding steroid dienone is 1. The number of aliphatic hydroxyl groups is 1. The van der Waals surface area contributed by atoms with Crippen molar-refractivity contribution in [3.8, 4) is 0 Å². The molecule has 6 rings (SSSR count). The number of rotatable bonds is 2. The molecular formula is C30H38O4. The average Bonchev–Trinajstić information content (AvgIpc) is 3.22. The molecule has 0 bridgehead atoms. The number of carbonyl (C=O) groups excluding carboxylic acids is 2. The van der Waals surface area contributed by atoms with Crippen LogP contribution in [0.25, 0.3) is 0 Å². The fourth-order valence-corrected chi connectivity index (χ4v) is 8.90. The van der Waals surface area contributed by atoms with Crippen LogP contribution in [0.5, 0.6) is 0 Å². The minimum atomic E-state index is -1.40. The molecular weight excluding hydrogens is 424 g/mol. The third-order valence-electron chi connectivity index (χ3n) is 10.9. The van der Waals surface area contributed by atoms with Gasteiger partial charge < -0.3 is 9.84 Å². The van der Waals surface area contributed by atoms with Crippen molar-refractivity contribution in [2.45, 2.75) is 96.4 Å². The lowest BCUT2D eigenvalue weighted by atomic mass is 9.47. The lowest BCUT2D eigenvalue weighted by molar-refractivity contribution is -0.124. The number of ketones is 2. The molecule has 34 heavy (non-hydrogen) atoms. The Labute approximate surface area is 203 Å². The summed E-state index contributed by atoms with van der Waals surface area (Å²) in [4.78, 5) is 26.6. The van der Waals surface area contributed by atoms with Crippen molar-refractivity contribution in [2.24, 2.45) is 28.6 Å². The van der Waals surface area contributed by atoms with Crippen LogP contribution in [0.1, 0.15) is 99.8 Å². The third-order valence-corrected chi connectivity index (χ3v) is 10.9. The van der Waals surface area contributed by atoms with Gasteiger partial charge in [0, 0.05) is 11.1 Å². The van der Waals surface area contributed by atoms with E-state index in [1.807, 2.05) is 19.1 Å². The van der Waals surface area contributed by atoms with E-state index in [0.29, 0.717) is 28.9 Å². The molecule has 1 N–H and O–H groups in total. The highest BCUT2D eigenvalue weighted by atomic mass is 16.5. The van der Waals surface area contributed by atoms with E-state index in [1.54, 1.807) is 19.1 Å². The molecule has 0 aliphatic heterocycles. The Morgan fingerprint density at radius 2 is 1.53 bits per heavy atom. The molecule has 7 unspecified atom stereocenters. The van der Waals surface area contributed by atoms with Crippen LogP contribution < -0.4 is 0 Å². The maximum absolute atomic E-state index is 13.3. The lowest BCUT2D eigenvalue weighted by Gasteiger charge is -2.59. The summed E-state index contributed by atoms with van der Waals surface area (Å²) in [7, 11) is 0. The Hall–Kier alpha value is -1.78. The molecule has 1 aromatic carbocycles. The maximum atomic E-state index is 13.3. The molecule has 3 saturated carbocycles. The van der Waals surface area contributed by atoms with Crippen LogP contribution in [-0.2, 0) is 4.74 Å². The zero-order chi connectivity index (χ0) is 24.1. The van der Waals surface area contributed by atoms with E-state index in [-0.39, 0.29) is 28.5 Å². The van der Waals surface area contributed by atoms with Crippen molar-refractivity contribution >= 4 is 11.6 Å². The van der Waals surface area contributed by atoms with Crippen LogP contribution in [0.2, 0.25) is 0 Å². The molecule has 7 atom stereocenters. The SMILES string of the molecule is CC1(O)C=C2CCC3C(CCC4(C)C(OC5(C)C(=O)c6ccccc6C5=O)CCC34)C2(C)CC1. The number of carbonyl (C=O) groups is 2. The van der Waals surface area contributed by atoms with Gasteiger partial charge in [-0.3, -0.25) is 9.59 Å². The number of benzene rings is 1. The van der Waals surface area contributed by atoms with Crippen molar-refractivity contribution in [1.29, 1.82) is 0 Å². The summed E-state index contributed by atoms with van der Waals surface area (Å²) in [5, 5.41) is 10.7. The molecule has 0 saturated heterocycles.